The Morgan fingerprint density at radius 3 is 2.65 bits per heavy atom. The standard InChI is InChI=1S/C14H17NO2/c1-10(15-2)12-8-9-14(17-12)11-6-4-5-7-13(11)16-3/h4-10,15H,1-3H3. The van der Waals surface area contributed by atoms with Gasteiger partial charge < -0.3 is 14.5 Å². The van der Waals surface area contributed by atoms with Crippen LogP contribution in [0, 0.1) is 0 Å². The molecule has 1 heterocycles. The Morgan fingerprint density at radius 2 is 1.94 bits per heavy atom. The minimum atomic E-state index is 0.207. The average molecular weight is 231 g/mol. The van der Waals surface area contributed by atoms with Crippen molar-refractivity contribution in [2.24, 2.45) is 0 Å². The predicted molar refractivity (Wildman–Crippen MR) is 68.2 cm³/mol. The monoisotopic (exact) mass is 231 g/mol. The first-order valence-electron chi connectivity index (χ1n) is 5.66. The summed E-state index contributed by atoms with van der Waals surface area (Å²) in [5.41, 5.74) is 0.976. The molecule has 0 aliphatic rings. The van der Waals surface area contributed by atoms with Gasteiger partial charge in [-0.3, -0.25) is 0 Å². The number of methoxy groups -OCH3 is 1. The Morgan fingerprint density at radius 1 is 1.18 bits per heavy atom. The van der Waals surface area contributed by atoms with Gasteiger partial charge in [-0.05, 0) is 38.2 Å². The third kappa shape index (κ3) is 2.34. The molecule has 1 unspecified atom stereocenters. The maximum absolute atomic E-state index is 5.82. The lowest BCUT2D eigenvalue weighted by atomic mass is 10.1. The largest absolute Gasteiger partial charge is 0.496 e. The van der Waals surface area contributed by atoms with Gasteiger partial charge >= 0.3 is 0 Å². The molecule has 0 saturated heterocycles. The minimum absolute atomic E-state index is 0.207. The Hall–Kier alpha value is -1.74. The first-order chi connectivity index (χ1) is 8.26. The molecule has 3 nitrogen and oxygen atoms in total. The number of ether oxygens (including phenoxy) is 1. The maximum atomic E-state index is 5.82. The fourth-order valence-corrected chi connectivity index (χ4v) is 1.72. The van der Waals surface area contributed by atoms with Crippen LogP contribution in [-0.4, -0.2) is 14.2 Å². The lowest BCUT2D eigenvalue weighted by molar-refractivity contribution is 0.412. The molecule has 0 amide bonds. The van der Waals surface area contributed by atoms with Crippen LogP contribution >= 0.6 is 0 Å². The Bertz CT molecular complexity index is 490. The number of para-hydroxylation sites is 1. The van der Waals surface area contributed by atoms with E-state index in [0.717, 1.165) is 22.8 Å². The van der Waals surface area contributed by atoms with E-state index < -0.39 is 0 Å². The zero-order chi connectivity index (χ0) is 12.3. The Kier molecular flexibility index (Phi) is 3.49. The van der Waals surface area contributed by atoms with Crippen molar-refractivity contribution in [2.75, 3.05) is 14.2 Å². The van der Waals surface area contributed by atoms with Crippen LogP contribution in [0.15, 0.2) is 40.8 Å². The highest BCUT2D eigenvalue weighted by atomic mass is 16.5. The summed E-state index contributed by atoms with van der Waals surface area (Å²) in [7, 11) is 3.58. The molecule has 0 fully saturated rings. The van der Waals surface area contributed by atoms with Crippen LogP contribution in [0.5, 0.6) is 5.75 Å². The first-order valence-corrected chi connectivity index (χ1v) is 5.66. The summed E-state index contributed by atoms with van der Waals surface area (Å²) in [6.07, 6.45) is 0. The third-order valence-corrected chi connectivity index (χ3v) is 2.86. The summed E-state index contributed by atoms with van der Waals surface area (Å²) in [5, 5.41) is 3.15. The highest BCUT2D eigenvalue weighted by Crippen LogP contribution is 2.32. The molecule has 0 spiro atoms. The van der Waals surface area contributed by atoms with Gasteiger partial charge in [0.2, 0.25) is 0 Å². The van der Waals surface area contributed by atoms with Crippen LogP contribution < -0.4 is 10.1 Å². The molecule has 0 radical (unpaired) electrons. The molecule has 2 aromatic rings. The van der Waals surface area contributed by atoms with E-state index in [0.29, 0.717) is 0 Å². The van der Waals surface area contributed by atoms with Gasteiger partial charge in [0.25, 0.3) is 0 Å². The summed E-state index contributed by atoms with van der Waals surface area (Å²) in [6, 6.07) is 12.0. The van der Waals surface area contributed by atoms with Crippen molar-refractivity contribution >= 4 is 0 Å². The Balaban J connectivity index is 2.37. The molecule has 0 aliphatic carbocycles. The SMILES string of the molecule is CNC(C)c1ccc(-c2ccccc2OC)o1. The number of hydrogen-bond acceptors (Lipinski definition) is 3. The van der Waals surface area contributed by atoms with Crippen molar-refractivity contribution in [2.45, 2.75) is 13.0 Å². The molecule has 2 rings (SSSR count). The summed E-state index contributed by atoms with van der Waals surface area (Å²) >= 11 is 0. The van der Waals surface area contributed by atoms with E-state index in [-0.39, 0.29) is 6.04 Å². The lowest BCUT2D eigenvalue weighted by Crippen LogP contribution is -2.11. The van der Waals surface area contributed by atoms with E-state index in [1.807, 2.05) is 43.4 Å². The highest BCUT2D eigenvalue weighted by molar-refractivity contribution is 5.65. The summed E-state index contributed by atoms with van der Waals surface area (Å²) in [5.74, 6) is 2.58. The quantitative estimate of drug-likeness (QED) is 0.877. The minimum Gasteiger partial charge on any atom is -0.496 e. The van der Waals surface area contributed by atoms with Gasteiger partial charge in [0.15, 0.2) is 0 Å². The second-order valence-electron chi connectivity index (χ2n) is 3.91. The van der Waals surface area contributed by atoms with E-state index >= 15 is 0 Å². The molecular weight excluding hydrogens is 214 g/mol. The predicted octanol–water partition coefficient (Wildman–Crippen LogP) is 3.24. The van der Waals surface area contributed by atoms with Gasteiger partial charge in [-0.2, -0.15) is 0 Å². The average Bonchev–Trinajstić information content (AvgIpc) is 2.87. The van der Waals surface area contributed by atoms with Crippen molar-refractivity contribution < 1.29 is 9.15 Å². The van der Waals surface area contributed by atoms with E-state index in [2.05, 4.69) is 12.2 Å². The van der Waals surface area contributed by atoms with Gasteiger partial charge in [0.1, 0.15) is 17.3 Å². The number of hydrogen-bond donors (Lipinski definition) is 1. The van der Waals surface area contributed by atoms with Gasteiger partial charge in [-0.1, -0.05) is 12.1 Å². The van der Waals surface area contributed by atoms with E-state index in [1.54, 1.807) is 7.11 Å². The fourth-order valence-electron chi connectivity index (χ4n) is 1.72. The second-order valence-corrected chi connectivity index (χ2v) is 3.91. The van der Waals surface area contributed by atoms with Crippen LogP contribution in [0.1, 0.15) is 18.7 Å². The Labute approximate surface area is 101 Å². The maximum Gasteiger partial charge on any atom is 0.138 e. The van der Waals surface area contributed by atoms with Crippen LogP contribution in [0.3, 0.4) is 0 Å². The molecule has 1 N–H and O–H groups in total. The van der Waals surface area contributed by atoms with Crippen molar-refractivity contribution in [1.82, 2.24) is 5.32 Å². The van der Waals surface area contributed by atoms with E-state index in [4.69, 9.17) is 9.15 Å². The molecule has 17 heavy (non-hydrogen) atoms. The third-order valence-electron chi connectivity index (χ3n) is 2.86. The smallest absolute Gasteiger partial charge is 0.138 e. The number of rotatable bonds is 4. The topological polar surface area (TPSA) is 34.4 Å². The summed E-state index contributed by atoms with van der Waals surface area (Å²) in [6.45, 7) is 2.06. The normalized spacial score (nSPS) is 12.4. The zero-order valence-electron chi connectivity index (χ0n) is 10.4. The molecule has 1 aromatic carbocycles. The van der Waals surface area contributed by atoms with Crippen LogP contribution in [0.25, 0.3) is 11.3 Å². The lowest BCUT2D eigenvalue weighted by Gasteiger charge is -2.07. The van der Waals surface area contributed by atoms with Crippen molar-refractivity contribution in [1.29, 1.82) is 0 Å². The number of benzene rings is 1. The zero-order valence-corrected chi connectivity index (χ0v) is 10.4. The van der Waals surface area contributed by atoms with Crippen molar-refractivity contribution in [3.05, 3.63) is 42.2 Å². The van der Waals surface area contributed by atoms with Gasteiger partial charge in [-0.15, -0.1) is 0 Å². The highest BCUT2D eigenvalue weighted by Gasteiger charge is 2.12. The molecule has 1 atom stereocenters. The molecule has 0 aliphatic heterocycles. The van der Waals surface area contributed by atoms with Crippen molar-refractivity contribution in [3.8, 4) is 17.1 Å². The summed E-state index contributed by atoms with van der Waals surface area (Å²) in [4.78, 5) is 0. The second kappa shape index (κ2) is 5.06. The van der Waals surface area contributed by atoms with E-state index in [9.17, 15) is 0 Å². The van der Waals surface area contributed by atoms with E-state index in [1.165, 1.54) is 0 Å². The van der Waals surface area contributed by atoms with Crippen LogP contribution in [0.2, 0.25) is 0 Å². The number of nitrogens with one attached hydrogen (secondary N) is 1. The van der Waals surface area contributed by atoms with Gasteiger partial charge in [0.05, 0.1) is 18.7 Å². The molecule has 1 aromatic heterocycles. The molecule has 90 valence electrons. The number of furan rings is 1. The fraction of sp³-hybridized carbons (Fsp3) is 0.286. The van der Waals surface area contributed by atoms with Crippen LogP contribution in [-0.2, 0) is 0 Å². The summed E-state index contributed by atoms with van der Waals surface area (Å²) < 4.78 is 11.1. The molecule has 0 bridgehead atoms. The van der Waals surface area contributed by atoms with Crippen LogP contribution in [0.4, 0.5) is 0 Å². The van der Waals surface area contributed by atoms with Gasteiger partial charge in [-0.25, -0.2) is 0 Å². The van der Waals surface area contributed by atoms with Gasteiger partial charge in [0, 0.05) is 0 Å². The molecule has 0 saturated carbocycles. The molecular formula is C14H17NO2. The molecule has 3 heteroatoms. The first kappa shape index (κ1) is 11.7. The van der Waals surface area contributed by atoms with Crippen molar-refractivity contribution in [3.63, 3.8) is 0 Å².